The predicted molar refractivity (Wildman–Crippen MR) is 76.2 cm³/mol. The number of aryl methyl sites for hydroxylation is 2. The van der Waals surface area contributed by atoms with Gasteiger partial charge in [0.15, 0.2) is 0 Å². The summed E-state index contributed by atoms with van der Waals surface area (Å²) in [6.45, 7) is 5.51. The van der Waals surface area contributed by atoms with Gasteiger partial charge >= 0.3 is 5.97 Å². The smallest absolute Gasteiger partial charge is 0.336 e. The van der Waals surface area contributed by atoms with Gasteiger partial charge in [0.25, 0.3) is 5.89 Å². The van der Waals surface area contributed by atoms with Crippen molar-refractivity contribution < 1.29 is 19.2 Å². The lowest BCUT2D eigenvalue weighted by molar-refractivity contribution is 0.0696. The van der Waals surface area contributed by atoms with E-state index in [4.69, 9.17) is 9.26 Å². The Bertz CT molecular complexity index is 660. The topological polar surface area (TPSA) is 85.5 Å². The predicted octanol–water partition coefficient (Wildman–Crippen LogP) is 3.15. The summed E-state index contributed by atoms with van der Waals surface area (Å²) in [5.74, 6) is -0.379. The lowest BCUT2D eigenvalue weighted by Crippen LogP contribution is -2.05. The fraction of sp³-hybridized carbons (Fsp3) is 0.400. The molecule has 1 heterocycles. The number of ether oxygens (including phenoxy) is 1. The van der Waals surface area contributed by atoms with Gasteiger partial charge in [0, 0.05) is 7.11 Å². The van der Waals surface area contributed by atoms with E-state index in [1.807, 2.05) is 19.9 Å². The van der Waals surface area contributed by atoms with Gasteiger partial charge in [-0.2, -0.15) is 4.98 Å². The molecule has 0 radical (unpaired) electrons. The van der Waals surface area contributed by atoms with Crippen LogP contribution in [0.1, 0.15) is 46.8 Å². The molecule has 1 aromatic carbocycles. The Balaban J connectivity index is 2.57. The third-order valence-corrected chi connectivity index (χ3v) is 3.43. The summed E-state index contributed by atoms with van der Waals surface area (Å²) in [5.41, 5.74) is 2.09. The lowest BCUT2D eigenvalue weighted by Gasteiger charge is -2.09. The van der Waals surface area contributed by atoms with Gasteiger partial charge in [-0.1, -0.05) is 24.2 Å². The molecular weight excluding hydrogens is 272 g/mol. The van der Waals surface area contributed by atoms with Crippen LogP contribution in [0.3, 0.4) is 0 Å². The van der Waals surface area contributed by atoms with Gasteiger partial charge in [-0.15, -0.1) is 0 Å². The Morgan fingerprint density at radius 2 is 2.05 bits per heavy atom. The molecule has 0 aliphatic carbocycles. The highest BCUT2D eigenvalue weighted by Gasteiger charge is 2.23. The summed E-state index contributed by atoms with van der Waals surface area (Å²) in [4.78, 5) is 15.8. The molecule has 0 amide bonds. The Labute approximate surface area is 122 Å². The monoisotopic (exact) mass is 290 g/mol. The Kier molecular flexibility index (Phi) is 4.37. The van der Waals surface area contributed by atoms with Gasteiger partial charge in [-0.05, 0) is 31.4 Å². The van der Waals surface area contributed by atoms with Crippen molar-refractivity contribution in [3.63, 3.8) is 0 Å². The van der Waals surface area contributed by atoms with Crippen LogP contribution in [-0.4, -0.2) is 28.3 Å². The van der Waals surface area contributed by atoms with Crippen LogP contribution >= 0.6 is 0 Å². The van der Waals surface area contributed by atoms with E-state index in [1.165, 1.54) is 0 Å². The van der Waals surface area contributed by atoms with E-state index in [-0.39, 0.29) is 17.6 Å². The van der Waals surface area contributed by atoms with Gasteiger partial charge < -0.3 is 14.4 Å². The first-order valence-electron chi connectivity index (χ1n) is 6.69. The van der Waals surface area contributed by atoms with Crippen molar-refractivity contribution in [1.82, 2.24) is 10.1 Å². The van der Waals surface area contributed by atoms with Crippen LogP contribution < -0.4 is 0 Å². The number of carboxylic acids is 1. The number of rotatable bonds is 5. The molecule has 0 aliphatic rings. The highest BCUT2D eigenvalue weighted by atomic mass is 16.5. The SMILES string of the molecule is CCC(OC)c1noc(-c2c(C)ccc(C)c2C(=O)O)n1. The molecule has 112 valence electrons. The number of carboxylic acid groups (broad SMARTS) is 1. The van der Waals surface area contributed by atoms with Crippen molar-refractivity contribution in [2.75, 3.05) is 7.11 Å². The van der Waals surface area contributed by atoms with Crippen molar-refractivity contribution in [2.24, 2.45) is 0 Å². The van der Waals surface area contributed by atoms with E-state index in [0.717, 1.165) is 5.56 Å². The van der Waals surface area contributed by atoms with Crippen LogP contribution in [0.5, 0.6) is 0 Å². The molecule has 21 heavy (non-hydrogen) atoms. The maximum Gasteiger partial charge on any atom is 0.336 e. The molecule has 0 aliphatic heterocycles. The van der Waals surface area contributed by atoms with Crippen LogP contribution in [0, 0.1) is 13.8 Å². The number of benzene rings is 1. The standard InChI is InChI=1S/C15H18N2O4/c1-5-10(20-4)13-16-14(21-17-13)11-8(2)6-7-9(3)12(11)15(18)19/h6-7,10H,5H2,1-4H3,(H,18,19). The van der Waals surface area contributed by atoms with Gasteiger partial charge in [0.1, 0.15) is 6.10 Å². The van der Waals surface area contributed by atoms with E-state index < -0.39 is 5.97 Å². The molecule has 2 aromatic rings. The second kappa shape index (κ2) is 6.05. The van der Waals surface area contributed by atoms with Gasteiger partial charge in [0.05, 0.1) is 11.1 Å². The molecule has 0 bridgehead atoms. The first-order valence-corrected chi connectivity index (χ1v) is 6.69. The first kappa shape index (κ1) is 15.2. The van der Waals surface area contributed by atoms with Crippen molar-refractivity contribution in [3.05, 3.63) is 34.6 Å². The molecule has 6 nitrogen and oxygen atoms in total. The third kappa shape index (κ3) is 2.80. The fourth-order valence-electron chi connectivity index (χ4n) is 2.28. The Morgan fingerprint density at radius 1 is 1.38 bits per heavy atom. The summed E-state index contributed by atoms with van der Waals surface area (Å²) >= 11 is 0. The van der Waals surface area contributed by atoms with Crippen LogP contribution in [-0.2, 0) is 4.74 Å². The molecule has 2 rings (SSSR count). The van der Waals surface area contributed by atoms with Gasteiger partial charge in [-0.25, -0.2) is 4.79 Å². The second-order valence-electron chi connectivity index (χ2n) is 4.84. The first-order chi connectivity index (χ1) is 9.99. The minimum atomic E-state index is -1.01. The number of hydrogen-bond donors (Lipinski definition) is 1. The van der Waals surface area contributed by atoms with Gasteiger partial charge in [-0.3, -0.25) is 0 Å². The number of methoxy groups -OCH3 is 1. The van der Waals surface area contributed by atoms with E-state index >= 15 is 0 Å². The van der Waals surface area contributed by atoms with Crippen LogP contribution in [0.25, 0.3) is 11.5 Å². The second-order valence-corrected chi connectivity index (χ2v) is 4.84. The quantitative estimate of drug-likeness (QED) is 0.910. The third-order valence-electron chi connectivity index (χ3n) is 3.43. The van der Waals surface area contributed by atoms with Crippen LogP contribution in [0.4, 0.5) is 0 Å². The largest absolute Gasteiger partial charge is 0.478 e. The van der Waals surface area contributed by atoms with Crippen LogP contribution in [0.2, 0.25) is 0 Å². The fourth-order valence-corrected chi connectivity index (χ4v) is 2.28. The summed E-state index contributed by atoms with van der Waals surface area (Å²) < 4.78 is 10.5. The average molecular weight is 290 g/mol. The highest BCUT2D eigenvalue weighted by Crippen LogP contribution is 2.30. The molecule has 0 saturated carbocycles. The maximum absolute atomic E-state index is 11.5. The van der Waals surface area contributed by atoms with Gasteiger partial charge in [0.2, 0.25) is 5.82 Å². The maximum atomic E-state index is 11.5. The summed E-state index contributed by atoms with van der Waals surface area (Å²) in [5, 5.41) is 13.3. The van der Waals surface area contributed by atoms with Crippen molar-refractivity contribution in [3.8, 4) is 11.5 Å². The summed E-state index contributed by atoms with van der Waals surface area (Å²) in [6.07, 6.45) is 0.439. The highest BCUT2D eigenvalue weighted by molar-refractivity contribution is 5.97. The molecule has 0 saturated heterocycles. The molecule has 1 aromatic heterocycles. The summed E-state index contributed by atoms with van der Waals surface area (Å²) in [7, 11) is 1.57. The molecular formula is C15H18N2O4. The summed E-state index contributed by atoms with van der Waals surface area (Å²) in [6, 6.07) is 3.61. The van der Waals surface area contributed by atoms with Crippen LogP contribution in [0.15, 0.2) is 16.7 Å². The Hall–Kier alpha value is -2.21. The zero-order valence-corrected chi connectivity index (χ0v) is 12.5. The van der Waals surface area contributed by atoms with Crippen molar-refractivity contribution in [2.45, 2.75) is 33.3 Å². The normalized spacial score (nSPS) is 12.4. The Morgan fingerprint density at radius 3 is 2.62 bits per heavy atom. The lowest BCUT2D eigenvalue weighted by atomic mass is 9.97. The molecule has 1 atom stereocenters. The number of aromatic carboxylic acids is 1. The molecule has 1 N–H and O–H groups in total. The minimum Gasteiger partial charge on any atom is -0.478 e. The molecule has 6 heteroatoms. The molecule has 1 unspecified atom stereocenters. The number of aromatic nitrogens is 2. The minimum absolute atomic E-state index is 0.190. The molecule has 0 fully saturated rings. The molecule has 0 spiro atoms. The van der Waals surface area contributed by atoms with E-state index in [1.54, 1.807) is 20.1 Å². The number of carbonyl (C=O) groups is 1. The zero-order valence-electron chi connectivity index (χ0n) is 12.5. The number of hydrogen-bond acceptors (Lipinski definition) is 5. The van der Waals surface area contributed by atoms with E-state index in [9.17, 15) is 9.90 Å². The van der Waals surface area contributed by atoms with E-state index in [0.29, 0.717) is 23.4 Å². The van der Waals surface area contributed by atoms with E-state index in [2.05, 4.69) is 10.1 Å². The number of nitrogens with zero attached hydrogens (tertiary/aromatic N) is 2. The van der Waals surface area contributed by atoms with Crippen molar-refractivity contribution in [1.29, 1.82) is 0 Å². The van der Waals surface area contributed by atoms with Crippen molar-refractivity contribution >= 4 is 5.97 Å². The average Bonchev–Trinajstić information content (AvgIpc) is 2.91. The zero-order chi connectivity index (χ0) is 15.6.